The normalized spacial score (nSPS) is 19.1. The van der Waals surface area contributed by atoms with Gasteiger partial charge in [-0.2, -0.15) is 0 Å². The Balaban J connectivity index is 0.000000293. The predicted octanol–water partition coefficient (Wildman–Crippen LogP) is 4.15. The van der Waals surface area contributed by atoms with Crippen molar-refractivity contribution in [2.75, 3.05) is 36.8 Å². The fourth-order valence-electron chi connectivity index (χ4n) is 3.95. The van der Waals surface area contributed by atoms with Crippen molar-refractivity contribution in [1.29, 1.82) is 0 Å². The van der Waals surface area contributed by atoms with Crippen molar-refractivity contribution in [2.24, 2.45) is 0 Å². The Kier molecular flexibility index (Phi) is 8.55. The molecule has 0 radical (unpaired) electrons. The minimum absolute atomic E-state index is 0.558. The summed E-state index contributed by atoms with van der Waals surface area (Å²) in [7, 11) is 0. The third-order valence-electron chi connectivity index (χ3n) is 5.40. The topological polar surface area (TPSA) is 81.1 Å². The number of aliphatic carboxylic acids is 2. The number of thioether (sulfide) groups is 1. The van der Waals surface area contributed by atoms with Gasteiger partial charge in [-0.3, -0.25) is 4.90 Å². The Morgan fingerprint density at radius 1 is 0.871 bits per heavy atom. The maximum Gasteiger partial charge on any atom is 0.328 e. The summed E-state index contributed by atoms with van der Waals surface area (Å²) in [6.07, 6.45) is 3.74. The molecule has 1 saturated heterocycles. The van der Waals surface area contributed by atoms with E-state index in [-0.39, 0.29) is 0 Å². The minimum Gasteiger partial charge on any atom is -0.478 e. The first-order valence-corrected chi connectivity index (χ1v) is 11.4. The molecule has 7 heteroatoms. The zero-order valence-electron chi connectivity index (χ0n) is 17.4. The van der Waals surface area contributed by atoms with Crippen LogP contribution < -0.4 is 4.90 Å². The monoisotopic (exact) mass is 440 g/mol. The fourth-order valence-corrected chi connectivity index (χ4v) is 5.03. The van der Waals surface area contributed by atoms with E-state index in [0.29, 0.717) is 18.2 Å². The summed E-state index contributed by atoms with van der Waals surface area (Å²) in [5.74, 6) is -1.25. The summed E-state index contributed by atoms with van der Waals surface area (Å²) in [5.41, 5.74) is 2.92. The Morgan fingerprint density at radius 2 is 1.48 bits per heavy atom. The first kappa shape index (κ1) is 22.9. The summed E-state index contributed by atoms with van der Waals surface area (Å²) in [6.45, 7) is 4.60. The second-order valence-electron chi connectivity index (χ2n) is 7.41. The molecule has 2 aromatic carbocycles. The zero-order chi connectivity index (χ0) is 22.1. The van der Waals surface area contributed by atoms with Crippen LogP contribution >= 0.6 is 11.8 Å². The van der Waals surface area contributed by atoms with Gasteiger partial charge in [-0.15, -0.1) is 11.8 Å². The molecule has 0 bridgehead atoms. The van der Waals surface area contributed by atoms with Gasteiger partial charge in [0.25, 0.3) is 0 Å². The van der Waals surface area contributed by atoms with Crippen molar-refractivity contribution >= 4 is 29.4 Å². The standard InChI is InChI=1S/C20H24N2S.C4H4O4/c1-2-7-17(8-3-1)21-12-14-22(15-13-21)19-10-6-16-23-20-11-5-4-9-18(19)20;5-3(6)1-2-4(7)8/h1-5,7-9,11,19H,6,10,12-16H2;1-2H,(H,5,6)(H,7,8)/b;2-1+. The van der Waals surface area contributed by atoms with E-state index in [1.54, 1.807) is 5.56 Å². The van der Waals surface area contributed by atoms with E-state index in [0.717, 1.165) is 13.1 Å². The van der Waals surface area contributed by atoms with E-state index in [1.165, 1.54) is 42.3 Å². The van der Waals surface area contributed by atoms with Gasteiger partial charge in [-0.1, -0.05) is 36.4 Å². The molecule has 6 nitrogen and oxygen atoms in total. The third kappa shape index (κ3) is 6.87. The molecule has 4 rings (SSSR count). The lowest BCUT2D eigenvalue weighted by Crippen LogP contribution is -2.47. The van der Waals surface area contributed by atoms with E-state index in [4.69, 9.17) is 10.2 Å². The number of hydrogen-bond acceptors (Lipinski definition) is 5. The summed E-state index contributed by atoms with van der Waals surface area (Å²) >= 11 is 2.04. The van der Waals surface area contributed by atoms with E-state index in [9.17, 15) is 9.59 Å². The quantitative estimate of drug-likeness (QED) is 0.691. The van der Waals surface area contributed by atoms with Gasteiger partial charge in [0.15, 0.2) is 0 Å². The average Bonchev–Trinajstić information content (AvgIpc) is 3.01. The number of nitrogens with zero attached hydrogens (tertiary/aromatic N) is 2. The van der Waals surface area contributed by atoms with Gasteiger partial charge >= 0.3 is 11.9 Å². The molecule has 0 saturated carbocycles. The average molecular weight is 441 g/mol. The number of fused-ring (bicyclic) bond motifs is 1. The van der Waals surface area contributed by atoms with Crippen molar-refractivity contribution in [1.82, 2.24) is 4.90 Å². The number of carbonyl (C=O) groups is 2. The predicted molar refractivity (Wildman–Crippen MR) is 124 cm³/mol. The largest absolute Gasteiger partial charge is 0.478 e. The number of para-hydroxylation sites is 1. The van der Waals surface area contributed by atoms with Crippen LogP contribution in [0.25, 0.3) is 0 Å². The summed E-state index contributed by atoms with van der Waals surface area (Å²) < 4.78 is 0. The molecule has 31 heavy (non-hydrogen) atoms. The van der Waals surface area contributed by atoms with Gasteiger partial charge in [0.2, 0.25) is 0 Å². The fraction of sp³-hybridized carbons (Fsp3) is 0.333. The first-order valence-electron chi connectivity index (χ1n) is 10.4. The van der Waals surface area contributed by atoms with Gasteiger partial charge in [-0.05, 0) is 42.4 Å². The molecular formula is C24H28N2O4S. The van der Waals surface area contributed by atoms with Crippen LogP contribution in [0, 0.1) is 0 Å². The summed E-state index contributed by atoms with van der Waals surface area (Å²) in [6, 6.07) is 20.5. The van der Waals surface area contributed by atoms with Crippen LogP contribution in [0.1, 0.15) is 24.4 Å². The second kappa shape index (κ2) is 11.6. The third-order valence-corrected chi connectivity index (χ3v) is 6.58. The van der Waals surface area contributed by atoms with Crippen molar-refractivity contribution in [3.8, 4) is 0 Å². The second-order valence-corrected chi connectivity index (χ2v) is 8.55. The van der Waals surface area contributed by atoms with Gasteiger partial charge < -0.3 is 15.1 Å². The number of carboxylic acids is 2. The SMILES string of the molecule is O=C(O)/C=C/C(=O)O.c1ccc(N2CCN(C3CCCSc4ccccc43)CC2)cc1. The molecule has 2 aromatic rings. The van der Waals surface area contributed by atoms with Crippen molar-refractivity contribution in [2.45, 2.75) is 23.8 Å². The zero-order valence-corrected chi connectivity index (χ0v) is 18.2. The van der Waals surface area contributed by atoms with Crippen LogP contribution in [0.2, 0.25) is 0 Å². The van der Waals surface area contributed by atoms with Gasteiger partial charge in [0.05, 0.1) is 0 Å². The van der Waals surface area contributed by atoms with Crippen molar-refractivity contribution in [3.63, 3.8) is 0 Å². The molecule has 2 heterocycles. The van der Waals surface area contributed by atoms with E-state index >= 15 is 0 Å². The van der Waals surface area contributed by atoms with Crippen LogP contribution in [0.15, 0.2) is 71.6 Å². The first-order chi connectivity index (χ1) is 15.0. The number of rotatable bonds is 4. The summed E-state index contributed by atoms with van der Waals surface area (Å²) in [4.78, 5) is 25.8. The van der Waals surface area contributed by atoms with Crippen molar-refractivity contribution in [3.05, 3.63) is 72.3 Å². The molecule has 164 valence electrons. The lowest BCUT2D eigenvalue weighted by atomic mass is 9.99. The van der Waals surface area contributed by atoms with Crippen LogP contribution in [0.3, 0.4) is 0 Å². The highest BCUT2D eigenvalue weighted by Gasteiger charge is 2.27. The molecule has 2 aliphatic heterocycles. The molecule has 0 amide bonds. The lowest BCUT2D eigenvalue weighted by molar-refractivity contribution is -0.134. The molecule has 1 atom stereocenters. The maximum absolute atomic E-state index is 9.55. The molecule has 2 N–H and O–H groups in total. The minimum atomic E-state index is -1.26. The van der Waals surface area contributed by atoms with Crippen LogP contribution in [0.4, 0.5) is 5.69 Å². The molecule has 2 aliphatic rings. The highest BCUT2D eigenvalue weighted by Crippen LogP contribution is 2.38. The molecule has 0 aliphatic carbocycles. The van der Waals surface area contributed by atoms with Crippen molar-refractivity contribution < 1.29 is 19.8 Å². The summed E-state index contributed by atoms with van der Waals surface area (Å²) in [5, 5.41) is 15.6. The van der Waals surface area contributed by atoms with Gasteiger partial charge in [0, 0.05) is 55.0 Å². The highest BCUT2D eigenvalue weighted by atomic mass is 32.2. The Morgan fingerprint density at radius 3 is 2.13 bits per heavy atom. The highest BCUT2D eigenvalue weighted by molar-refractivity contribution is 7.99. The number of carboxylic acid groups (broad SMARTS) is 2. The van der Waals surface area contributed by atoms with E-state index in [2.05, 4.69) is 64.4 Å². The Hall–Kier alpha value is -2.77. The molecule has 1 fully saturated rings. The van der Waals surface area contributed by atoms with Crippen LogP contribution in [-0.2, 0) is 9.59 Å². The van der Waals surface area contributed by atoms with Crippen LogP contribution in [0.5, 0.6) is 0 Å². The van der Waals surface area contributed by atoms with Crippen LogP contribution in [-0.4, -0.2) is 59.0 Å². The number of piperazine rings is 1. The Bertz CT molecular complexity index is 879. The molecule has 0 spiro atoms. The van der Waals surface area contributed by atoms with E-state index < -0.39 is 11.9 Å². The number of benzene rings is 2. The Labute approximate surface area is 187 Å². The van der Waals surface area contributed by atoms with Gasteiger partial charge in [-0.25, -0.2) is 9.59 Å². The smallest absolute Gasteiger partial charge is 0.328 e. The van der Waals surface area contributed by atoms with Gasteiger partial charge in [0.1, 0.15) is 0 Å². The lowest BCUT2D eigenvalue weighted by Gasteiger charge is -2.40. The number of hydrogen-bond donors (Lipinski definition) is 2. The maximum atomic E-state index is 9.55. The molecule has 0 aromatic heterocycles. The molecule has 1 unspecified atom stereocenters. The van der Waals surface area contributed by atoms with E-state index in [1.807, 2.05) is 11.8 Å². The molecular weight excluding hydrogens is 412 g/mol. The number of anilines is 1.